The molecule has 160 valence electrons. The van der Waals surface area contributed by atoms with Crippen molar-refractivity contribution in [1.82, 2.24) is 10.6 Å². The van der Waals surface area contributed by atoms with Crippen molar-refractivity contribution >= 4 is 5.96 Å². The summed E-state index contributed by atoms with van der Waals surface area (Å²) in [6.45, 7) is 5.18. The molecule has 2 aliphatic carbocycles. The van der Waals surface area contributed by atoms with Gasteiger partial charge >= 0.3 is 0 Å². The van der Waals surface area contributed by atoms with Gasteiger partial charge in [0.2, 0.25) is 6.79 Å². The second kappa shape index (κ2) is 8.82. The Kier molecular flexibility index (Phi) is 6.18. The van der Waals surface area contributed by atoms with E-state index in [1.807, 2.05) is 6.07 Å². The quantitative estimate of drug-likeness (QED) is 0.460. The number of fused-ring (bicyclic) bond motifs is 1. The highest BCUT2D eigenvalue weighted by atomic mass is 16.7. The number of hydrogen-bond acceptors (Lipinski definition) is 4. The number of aliphatic imine (C=N–C) groups is 1. The fraction of sp³-hybridized carbons (Fsp3) is 0.696. The molecule has 0 saturated heterocycles. The Morgan fingerprint density at radius 3 is 2.59 bits per heavy atom. The molecule has 0 bridgehead atoms. The van der Waals surface area contributed by atoms with Gasteiger partial charge in [-0.25, -0.2) is 0 Å². The summed E-state index contributed by atoms with van der Waals surface area (Å²) < 4.78 is 11.0. The van der Waals surface area contributed by atoms with E-state index in [1.54, 1.807) is 0 Å². The van der Waals surface area contributed by atoms with Crippen LogP contribution in [-0.4, -0.2) is 44.1 Å². The number of hydrogen-bond donors (Lipinski definition) is 3. The normalized spacial score (nSPS) is 21.7. The summed E-state index contributed by atoms with van der Waals surface area (Å²) in [5.41, 5.74) is 1.64. The average molecular weight is 402 g/mol. The number of rotatable bonds is 8. The Morgan fingerprint density at radius 1 is 1.07 bits per heavy atom. The minimum atomic E-state index is 0.158. The van der Waals surface area contributed by atoms with Gasteiger partial charge in [-0.05, 0) is 62.1 Å². The van der Waals surface area contributed by atoms with Crippen molar-refractivity contribution < 1.29 is 14.6 Å². The maximum absolute atomic E-state index is 9.56. The second-order valence-corrected chi connectivity index (χ2v) is 8.93. The lowest BCUT2D eigenvalue weighted by Gasteiger charge is -2.35. The maximum Gasteiger partial charge on any atom is 0.231 e. The molecule has 3 N–H and O–H groups in total. The highest BCUT2D eigenvalue weighted by Crippen LogP contribution is 2.50. The summed E-state index contributed by atoms with van der Waals surface area (Å²) in [5.74, 6) is 2.59. The molecule has 29 heavy (non-hydrogen) atoms. The first-order valence-electron chi connectivity index (χ1n) is 11.2. The van der Waals surface area contributed by atoms with Crippen LogP contribution in [0.2, 0.25) is 0 Å². The van der Waals surface area contributed by atoms with Crippen LogP contribution in [0.1, 0.15) is 63.9 Å². The van der Waals surface area contributed by atoms with E-state index in [1.165, 1.54) is 50.5 Å². The summed E-state index contributed by atoms with van der Waals surface area (Å²) in [6.07, 6.45) is 9.39. The Balaban J connectivity index is 1.41. The first-order valence-corrected chi connectivity index (χ1v) is 11.2. The molecule has 0 unspecified atom stereocenters. The highest BCUT2D eigenvalue weighted by molar-refractivity contribution is 5.80. The van der Waals surface area contributed by atoms with Crippen molar-refractivity contribution in [2.45, 2.75) is 63.7 Å². The lowest BCUT2D eigenvalue weighted by atomic mass is 9.72. The van der Waals surface area contributed by atoms with Crippen LogP contribution in [-0.2, 0) is 5.41 Å². The van der Waals surface area contributed by atoms with Gasteiger partial charge in [0.05, 0.1) is 0 Å². The van der Waals surface area contributed by atoms with Crippen LogP contribution in [0.5, 0.6) is 11.5 Å². The predicted octanol–water partition coefficient (Wildman–Crippen LogP) is 3.33. The highest BCUT2D eigenvalue weighted by Gasteiger charge is 2.45. The number of ether oxygens (including phenoxy) is 2. The number of aliphatic hydroxyl groups excluding tert-OH is 1. The summed E-state index contributed by atoms with van der Waals surface area (Å²) >= 11 is 0. The molecule has 0 amide bonds. The molecular formula is C23H35N3O3. The third kappa shape index (κ3) is 4.63. The summed E-state index contributed by atoms with van der Waals surface area (Å²) in [6, 6.07) is 6.34. The van der Waals surface area contributed by atoms with E-state index in [9.17, 15) is 5.11 Å². The van der Waals surface area contributed by atoms with Gasteiger partial charge in [0.25, 0.3) is 0 Å². The summed E-state index contributed by atoms with van der Waals surface area (Å²) in [7, 11) is 0. The van der Waals surface area contributed by atoms with Gasteiger partial charge in [-0.1, -0.05) is 25.3 Å². The van der Waals surface area contributed by atoms with E-state index in [0.29, 0.717) is 6.79 Å². The average Bonchev–Trinajstić information content (AvgIpc) is 3.39. The van der Waals surface area contributed by atoms with Crippen LogP contribution in [0.4, 0.5) is 0 Å². The van der Waals surface area contributed by atoms with Crippen LogP contribution in [0.15, 0.2) is 23.2 Å². The molecule has 1 aliphatic heterocycles. The minimum Gasteiger partial charge on any atom is -0.454 e. The molecule has 1 aromatic carbocycles. The Hall–Kier alpha value is -1.95. The van der Waals surface area contributed by atoms with Gasteiger partial charge in [0.1, 0.15) is 0 Å². The number of benzene rings is 1. The zero-order valence-electron chi connectivity index (χ0n) is 17.6. The van der Waals surface area contributed by atoms with Crippen LogP contribution in [0, 0.1) is 5.41 Å². The molecule has 0 atom stereocenters. The van der Waals surface area contributed by atoms with E-state index in [4.69, 9.17) is 14.5 Å². The first kappa shape index (κ1) is 20.3. The largest absolute Gasteiger partial charge is 0.454 e. The Morgan fingerprint density at radius 2 is 1.86 bits per heavy atom. The number of nitrogens with one attached hydrogen (secondary N) is 2. The number of aliphatic hydroxyl groups is 1. The molecule has 0 radical (unpaired) electrons. The standard InChI is InChI=1S/C23H35N3O3/c1-2-24-21(25-15-22(12-13-27)8-4-3-5-9-22)26-16-23(10-11-23)18-6-7-19-20(14-18)29-17-28-19/h6-7,14,27H,2-5,8-13,15-17H2,1H3,(H2,24,25,26). The Bertz CT molecular complexity index is 719. The summed E-state index contributed by atoms with van der Waals surface area (Å²) in [4.78, 5) is 4.95. The lowest BCUT2D eigenvalue weighted by Crippen LogP contribution is -2.42. The van der Waals surface area contributed by atoms with Crippen molar-refractivity contribution in [3.63, 3.8) is 0 Å². The molecule has 0 spiro atoms. The molecule has 3 aliphatic rings. The van der Waals surface area contributed by atoms with Crippen LogP contribution >= 0.6 is 0 Å². The fourth-order valence-corrected chi connectivity index (χ4v) is 4.81. The van der Waals surface area contributed by atoms with Crippen molar-refractivity contribution in [3.05, 3.63) is 23.8 Å². The van der Waals surface area contributed by atoms with E-state index in [-0.39, 0.29) is 17.4 Å². The molecule has 2 saturated carbocycles. The van der Waals surface area contributed by atoms with Crippen LogP contribution in [0.3, 0.4) is 0 Å². The van der Waals surface area contributed by atoms with Gasteiger partial charge in [0.15, 0.2) is 17.5 Å². The smallest absolute Gasteiger partial charge is 0.231 e. The monoisotopic (exact) mass is 401 g/mol. The van der Waals surface area contributed by atoms with Crippen LogP contribution < -0.4 is 20.1 Å². The zero-order valence-corrected chi connectivity index (χ0v) is 17.6. The molecule has 2 fully saturated rings. The molecule has 0 aromatic heterocycles. The van der Waals surface area contributed by atoms with Gasteiger partial charge < -0.3 is 25.2 Å². The first-order chi connectivity index (χ1) is 14.2. The molecular weight excluding hydrogens is 366 g/mol. The van der Waals surface area contributed by atoms with Gasteiger partial charge in [-0.15, -0.1) is 0 Å². The SMILES string of the molecule is CCNC(=NCC1(CCO)CCCCC1)NCC1(c2ccc3c(c2)OCO3)CC1. The van der Waals surface area contributed by atoms with E-state index >= 15 is 0 Å². The fourth-order valence-electron chi connectivity index (χ4n) is 4.81. The minimum absolute atomic E-state index is 0.158. The topological polar surface area (TPSA) is 75.1 Å². The third-order valence-electron chi connectivity index (χ3n) is 6.91. The third-order valence-corrected chi connectivity index (χ3v) is 6.91. The van der Waals surface area contributed by atoms with Gasteiger partial charge in [0, 0.05) is 31.7 Å². The van der Waals surface area contributed by atoms with Gasteiger partial charge in [-0.2, -0.15) is 0 Å². The number of guanidine groups is 1. The molecule has 6 heteroatoms. The van der Waals surface area contributed by atoms with E-state index < -0.39 is 0 Å². The Labute approximate surface area is 174 Å². The molecule has 1 heterocycles. The molecule has 4 rings (SSSR count). The predicted molar refractivity (Wildman–Crippen MR) is 115 cm³/mol. The second-order valence-electron chi connectivity index (χ2n) is 8.93. The lowest BCUT2D eigenvalue weighted by molar-refractivity contribution is 0.137. The molecule has 1 aromatic rings. The van der Waals surface area contributed by atoms with Crippen LogP contribution in [0.25, 0.3) is 0 Å². The van der Waals surface area contributed by atoms with Crippen molar-refractivity contribution in [2.75, 3.05) is 33.0 Å². The van der Waals surface area contributed by atoms with Gasteiger partial charge in [-0.3, -0.25) is 4.99 Å². The summed E-state index contributed by atoms with van der Waals surface area (Å²) in [5, 5.41) is 16.6. The zero-order chi connectivity index (χ0) is 20.2. The van der Waals surface area contributed by atoms with Crippen molar-refractivity contribution in [1.29, 1.82) is 0 Å². The maximum atomic E-state index is 9.56. The molecule has 6 nitrogen and oxygen atoms in total. The van der Waals surface area contributed by atoms with Crippen molar-refractivity contribution in [3.8, 4) is 11.5 Å². The van der Waals surface area contributed by atoms with E-state index in [0.717, 1.165) is 43.5 Å². The van der Waals surface area contributed by atoms with Crippen molar-refractivity contribution in [2.24, 2.45) is 10.4 Å². The van der Waals surface area contributed by atoms with E-state index in [2.05, 4.69) is 29.7 Å². The number of nitrogens with zero attached hydrogens (tertiary/aromatic N) is 1.